The smallest absolute Gasteiger partial charge is 0.416 e. The van der Waals surface area contributed by atoms with Crippen molar-refractivity contribution in [3.8, 4) is 22.9 Å². The van der Waals surface area contributed by atoms with Crippen LogP contribution in [0.15, 0.2) is 36.7 Å². The van der Waals surface area contributed by atoms with Crippen molar-refractivity contribution in [2.24, 2.45) is 0 Å². The average Bonchev–Trinajstić information content (AvgIpc) is 2.45. The first kappa shape index (κ1) is 13.9. The van der Waals surface area contributed by atoms with Crippen molar-refractivity contribution in [1.29, 1.82) is 5.26 Å². The van der Waals surface area contributed by atoms with E-state index < -0.39 is 11.7 Å². The first-order valence-corrected chi connectivity index (χ1v) is 5.56. The number of pyridine rings is 1. The highest BCUT2D eigenvalue weighted by molar-refractivity contribution is 5.71. The normalized spacial score (nSPS) is 10.9. The number of alkyl halides is 3. The van der Waals surface area contributed by atoms with Crippen LogP contribution in [0.1, 0.15) is 11.1 Å². The Morgan fingerprint density at radius 2 is 1.95 bits per heavy atom. The molecule has 0 aliphatic carbocycles. The topological polar surface area (TPSA) is 45.9 Å². The summed E-state index contributed by atoms with van der Waals surface area (Å²) in [5, 5.41) is 9.03. The Balaban J connectivity index is 2.55. The average molecular weight is 278 g/mol. The lowest BCUT2D eigenvalue weighted by molar-refractivity contribution is -0.137. The first-order valence-electron chi connectivity index (χ1n) is 5.56. The van der Waals surface area contributed by atoms with Gasteiger partial charge in [0.05, 0.1) is 30.5 Å². The van der Waals surface area contributed by atoms with E-state index in [0.29, 0.717) is 16.9 Å². The summed E-state index contributed by atoms with van der Waals surface area (Å²) in [6.45, 7) is 0. The summed E-state index contributed by atoms with van der Waals surface area (Å²) in [4.78, 5) is 3.92. The van der Waals surface area contributed by atoms with Gasteiger partial charge >= 0.3 is 6.18 Å². The van der Waals surface area contributed by atoms with Crippen LogP contribution in [-0.2, 0) is 6.18 Å². The van der Waals surface area contributed by atoms with Gasteiger partial charge in [-0.3, -0.25) is 4.98 Å². The highest BCUT2D eigenvalue weighted by Gasteiger charge is 2.31. The second kappa shape index (κ2) is 5.21. The summed E-state index contributed by atoms with van der Waals surface area (Å²) in [7, 11) is 1.46. The molecule has 0 saturated heterocycles. The van der Waals surface area contributed by atoms with Gasteiger partial charge in [-0.25, -0.2) is 0 Å². The molecule has 3 nitrogen and oxygen atoms in total. The van der Waals surface area contributed by atoms with Crippen LogP contribution < -0.4 is 4.74 Å². The molecule has 2 rings (SSSR count). The van der Waals surface area contributed by atoms with Gasteiger partial charge in [-0.2, -0.15) is 18.4 Å². The number of rotatable bonds is 2. The number of hydrogen-bond acceptors (Lipinski definition) is 3. The number of halogens is 3. The van der Waals surface area contributed by atoms with Crippen LogP contribution in [-0.4, -0.2) is 12.1 Å². The van der Waals surface area contributed by atoms with E-state index in [0.717, 1.165) is 12.1 Å². The van der Waals surface area contributed by atoms with Crippen molar-refractivity contribution in [2.75, 3.05) is 7.11 Å². The molecule has 0 N–H and O–H groups in total. The molecule has 102 valence electrons. The minimum absolute atomic E-state index is 0.0603. The second-order valence-corrected chi connectivity index (χ2v) is 3.98. The molecule has 0 unspecified atom stereocenters. The van der Waals surface area contributed by atoms with Gasteiger partial charge in [-0.05, 0) is 18.2 Å². The lowest BCUT2D eigenvalue weighted by Crippen LogP contribution is -2.05. The lowest BCUT2D eigenvalue weighted by Gasteiger charge is -2.10. The van der Waals surface area contributed by atoms with Gasteiger partial charge in [0.15, 0.2) is 0 Å². The minimum atomic E-state index is -4.48. The Morgan fingerprint density at radius 1 is 1.20 bits per heavy atom. The Kier molecular flexibility index (Phi) is 3.61. The standard InChI is InChI=1S/C14H9F3N2O/c1-20-12-5-10(7-19-8-12)13-3-2-11(14(15,16)17)4-9(13)6-18/h2-5,7-8H,1H3. The molecule has 20 heavy (non-hydrogen) atoms. The number of nitrogens with zero attached hydrogens (tertiary/aromatic N) is 2. The molecule has 0 bridgehead atoms. The van der Waals surface area contributed by atoms with Gasteiger partial charge < -0.3 is 4.74 Å². The molecule has 6 heteroatoms. The molecule has 0 radical (unpaired) electrons. The molecule has 2 aromatic rings. The van der Waals surface area contributed by atoms with Crippen LogP contribution in [0.4, 0.5) is 13.2 Å². The van der Waals surface area contributed by atoms with Crippen LogP contribution >= 0.6 is 0 Å². The monoisotopic (exact) mass is 278 g/mol. The summed E-state index contributed by atoms with van der Waals surface area (Å²) >= 11 is 0. The molecule has 1 aromatic carbocycles. The molecule has 1 aromatic heterocycles. The zero-order chi connectivity index (χ0) is 14.8. The van der Waals surface area contributed by atoms with Gasteiger partial charge in [-0.1, -0.05) is 6.07 Å². The van der Waals surface area contributed by atoms with Crippen molar-refractivity contribution < 1.29 is 17.9 Å². The summed E-state index contributed by atoms with van der Waals surface area (Å²) in [5.41, 5.74) is -0.00921. The van der Waals surface area contributed by atoms with Crippen LogP contribution in [0.2, 0.25) is 0 Å². The highest BCUT2D eigenvalue weighted by Crippen LogP contribution is 2.33. The largest absolute Gasteiger partial charge is 0.495 e. The van der Waals surface area contributed by atoms with E-state index in [2.05, 4.69) is 4.98 Å². The van der Waals surface area contributed by atoms with Gasteiger partial charge in [0.2, 0.25) is 0 Å². The number of hydrogen-bond donors (Lipinski definition) is 0. The Morgan fingerprint density at radius 3 is 2.55 bits per heavy atom. The molecule has 0 saturated carbocycles. The van der Waals surface area contributed by atoms with Crippen molar-refractivity contribution in [2.45, 2.75) is 6.18 Å². The van der Waals surface area contributed by atoms with Crippen molar-refractivity contribution in [3.05, 3.63) is 47.8 Å². The van der Waals surface area contributed by atoms with E-state index in [1.54, 1.807) is 12.1 Å². The molecular formula is C14H9F3N2O. The summed E-state index contributed by atoms with van der Waals surface area (Å²) < 4.78 is 42.8. The summed E-state index contributed by atoms with van der Waals surface area (Å²) in [6, 6.07) is 6.41. The molecule has 0 fully saturated rings. The third-order valence-electron chi connectivity index (χ3n) is 2.73. The molecule has 0 amide bonds. The molecule has 0 spiro atoms. The maximum Gasteiger partial charge on any atom is 0.416 e. The van der Waals surface area contributed by atoms with Crippen molar-refractivity contribution in [1.82, 2.24) is 4.98 Å². The maximum absolute atomic E-state index is 12.6. The number of nitriles is 1. The molecular weight excluding hydrogens is 269 g/mol. The number of aromatic nitrogens is 1. The van der Waals surface area contributed by atoms with Crippen LogP contribution in [0, 0.1) is 11.3 Å². The fourth-order valence-corrected chi connectivity index (χ4v) is 1.74. The van der Waals surface area contributed by atoms with Gasteiger partial charge in [0.1, 0.15) is 5.75 Å². The number of benzene rings is 1. The van der Waals surface area contributed by atoms with E-state index in [4.69, 9.17) is 10.00 Å². The van der Waals surface area contributed by atoms with E-state index >= 15 is 0 Å². The van der Waals surface area contributed by atoms with Crippen LogP contribution in [0.25, 0.3) is 11.1 Å². The number of ether oxygens (including phenoxy) is 1. The molecule has 0 atom stereocenters. The van der Waals surface area contributed by atoms with Crippen molar-refractivity contribution >= 4 is 0 Å². The second-order valence-electron chi connectivity index (χ2n) is 3.98. The van der Waals surface area contributed by atoms with E-state index in [-0.39, 0.29) is 5.56 Å². The van der Waals surface area contributed by atoms with E-state index in [9.17, 15) is 13.2 Å². The fourth-order valence-electron chi connectivity index (χ4n) is 1.74. The first-order chi connectivity index (χ1) is 9.45. The fraction of sp³-hybridized carbons (Fsp3) is 0.143. The molecule has 1 heterocycles. The Hall–Kier alpha value is -2.55. The summed E-state index contributed by atoms with van der Waals surface area (Å²) in [5.74, 6) is 0.464. The Labute approximate surface area is 113 Å². The van der Waals surface area contributed by atoms with Crippen LogP contribution in [0.5, 0.6) is 5.75 Å². The lowest BCUT2D eigenvalue weighted by atomic mass is 9.99. The number of methoxy groups -OCH3 is 1. The zero-order valence-electron chi connectivity index (χ0n) is 10.4. The van der Waals surface area contributed by atoms with Crippen molar-refractivity contribution in [3.63, 3.8) is 0 Å². The zero-order valence-corrected chi connectivity index (χ0v) is 10.4. The Bertz CT molecular complexity index is 675. The highest BCUT2D eigenvalue weighted by atomic mass is 19.4. The third-order valence-corrected chi connectivity index (χ3v) is 2.73. The van der Waals surface area contributed by atoms with E-state index in [1.807, 2.05) is 0 Å². The van der Waals surface area contributed by atoms with Crippen LogP contribution in [0.3, 0.4) is 0 Å². The van der Waals surface area contributed by atoms with Gasteiger partial charge in [-0.15, -0.1) is 0 Å². The van der Waals surface area contributed by atoms with Gasteiger partial charge in [0.25, 0.3) is 0 Å². The van der Waals surface area contributed by atoms with E-state index in [1.165, 1.54) is 25.6 Å². The third kappa shape index (κ3) is 2.72. The summed E-state index contributed by atoms with van der Waals surface area (Å²) in [6.07, 6.45) is -1.54. The molecule has 0 aliphatic heterocycles. The minimum Gasteiger partial charge on any atom is -0.495 e. The molecule has 0 aliphatic rings. The quantitative estimate of drug-likeness (QED) is 0.842. The van der Waals surface area contributed by atoms with Gasteiger partial charge in [0, 0.05) is 17.3 Å². The predicted molar refractivity (Wildman–Crippen MR) is 65.9 cm³/mol. The predicted octanol–water partition coefficient (Wildman–Crippen LogP) is 3.65. The maximum atomic E-state index is 12.6. The SMILES string of the molecule is COc1cncc(-c2ccc(C(F)(F)F)cc2C#N)c1.